The number of esters is 4. The summed E-state index contributed by atoms with van der Waals surface area (Å²) in [5.41, 5.74) is -0.787. The molecule has 0 N–H and O–H groups in total. The first-order valence-electron chi connectivity index (χ1n) is 6.22. The van der Waals surface area contributed by atoms with Gasteiger partial charge in [0.2, 0.25) is 0 Å². The molecule has 0 aliphatic heterocycles. The lowest BCUT2D eigenvalue weighted by Gasteiger charge is -2.21. The Balaban J connectivity index is 3.67. The highest BCUT2D eigenvalue weighted by molar-refractivity contribution is 6.16. The lowest BCUT2D eigenvalue weighted by Crippen LogP contribution is -2.27. The van der Waals surface area contributed by atoms with Crippen LogP contribution >= 0.6 is 0 Å². The number of ether oxygens (including phenoxy) is 4. The molecular weight excluding hydrogens is 296 g/mol. The fourth-order valence-electron chi connectivity index (χ4n) is 2.11. The summed E-state index contributed by atoms with van der Waals surface area (Å²) < 4.78 is 18.4. The average Bonchev–Trinajstić information content (AvgIpc) is 2.57. The Bertz CT molecular complexity index is 530. The van der Waals surface area contributed by atoms with E-state index in [9.17, 15) is 19.2 Å². The molecule has 1 rings (SSSR count). The normalized spacial score (nSPS) is 14.4. The van der Waals surface area contributed by atoms with Gasteiger partial charge in [-0.15, -0.1) is 0 Å². The van der Waals surface area contributed by atoms with Gasteiger partial charge < -0.3 is 18.9 Å². The molecule has 8 nitrogen and oxygen atoms in total. The van der Waals surface area contributed by atoms with E-state index in [1.807, 2.05) is 0 Å². The Morgan fingerprint density at radius 2 is 0.864 bits per heavy atom. The first-order chi connectivity index (χ1) is 10.4. The second kappa shape index (κ2) is 7.39. The maximum atomic E-state index is 12.0. The molecule has 0 aromatic heterocycles. The summed E-state index contributed by atoms with van der Waals surface area (Å²) in [6.07, 6.45) is 0.0596. The van der Waals surface area contributed by atoms with Gasteiger partial charge in [0.25, 0.3) is 0 Å². The molecule has 22 heavy (non-hydrogen) atoms. The molecule has 0 atom stereocenters. The van der Waals surface area contributed by atoms with E-state index in [1.165, 1.54) is 0 Å². The molecule has 0 heterocycles. The largest absolute Gasteiger partial charge is 0.466 e. The summed E-state index contributed by atoms with van der Waals surface area (Å²) in [5, 5.41) is 0. The number of carbonyl (C=O) groups excluding carboxylic acids is 4. The first kappa shape index (κ1) is 17.4. The van der Waals surface area contributed by atoms with Crippen LogP contribution in [0.15, 0.2) is 22.3 Å². The minimum absolute atomic E-state index is 0.0298. The zero-order valence-electron chi connectivity index (χ0n) is 12.7. The highest BCUT2D eigenvalue weighted by Crippen LogP contribution is 2.33. The molecule has 0 radical (unpaired) electrons. The van der Waals surface area contributed by atoms with Crippen LogP contribution in [0.25, 0.3) is 0 Å². The smallest absolute Gasteiger partial charge is 0.339 e. The monoisotopic (exact) mass is 312 g/mol. The number of methoxy groups -OCH3 is 4. The summed E-state index contributed by atoms with van der Waals surface area (Å²) in [4.78, 5) is 47.6. The maximum Gasteiger partial charge on any atom is 0.339 e. The van der Waals surface area contributed by atoms with Crippen molar-refractivity contribution in [3.05, 3.63) is 22.3 Å². The lowest BCUT2D eigenvalue weighted by atomic mass is 9.85. The predicted molar refractivity (Wildman–Crippen MR) is 71.4 cm³/mol. The van der Waals surface area contributed by atoms with Crippen LogP contribution in [0.2, 0.25) is 0 Å². The van der Waals surface area contributed by atoms with Gasteiger partial charge in [0.05, 0.1) is 50.7 Å². The molecule has 120 valence electrons. The Morgan fingerprint density at radius 1 is 0.591 bits per heavy atom. The molecule has 0 fully saturated rings. The fourth-order valence-corrected chi connectivity index (χ4v) is 2.11. The molecule has 0 unspecified atom stereocenters. The molecule has 8 heteroatoms. The van der Waals surface area contributed by atoms with Crippen LogP contribution < -0.4 is 0 Å². The first-order valence-corrected chi connectivity index (χ1v) is 6.22. The molecule has 0 spiro atoms. The molecule has 0 saturated carbocycles. The van der Waals surface area contributed by atoms with Crippen LogP contribution in [0, 0.1) is 0 Å². The maximum absolute atomic E-state index is 12.0. The molecule has 0 bridgehead atoms. The van der Waals surface area contributed by atoms with E-state index in [0.29, 0.717) is 0 Å². The van der Waals surface area contributed by atoms with Gasteiger partial charge in [-0.1, -0.05) is 0 Å². The third-order valence-corrected chi connectivity index (χ3v) is 3.12. The van der Waals surface area contributed by atoms with E-state index in [4.69, 9.17) is 0 Å². The van der Waals surface area contributed by atoms with E-state index in [0.717, 1.165) is 28.4 Å². The third-order valence-electron chi connectivity index (χ3n) is 3.12. The van der Waals surface area contributed by atoms with Crippen molar-refractivity contribution in [3.8, 4) is 0 Å². The topological polar surface area (TPSA) is 105 Å². The number of rotatable bonds is 4. The SMILES string of the molecule is COC(=O)C1=C(C(=O)OC)C(C(=O)OC)=C(C(=O)OC)CC1. The van der Waals surface area contributed by atoms with Crippen LogP contribution in [0.5, 0.6) is 0 Å². The van der Waals surface area contributed by atoms with Gasteiger partial charge >= 0.3 is 23.9 Å². The lowest BCUT2D eigenvalue weighted by molar-refractivity contribution is -0.142. The van der Waals surface area contributed by atoms with E-state index in [2.05, 4.69) is 18.9 Å². The van der Waals surface area contributed by atoms with Crippen molar-refractivity contribution in [1.82, 2.24) is 0 Å². The van der Waals surface area contributed by atoms with Crippen molar-refractivity contribution in [2.45, 2.75) is 12.8 Å². The minimum atomic E-state index is -0.943. The van der Waals surface area contributed by atoms with Gasteiger partial charge in [-0.05, 0) is 12.8 Å². The number of carbonyl (C=O) groups is 4. The van der Waals surface area contributed by atoms with Crippen molar-refractivity contribution in [1.29, 1.82) is 0 Å². The number of hydrogen-bond donors (Lipinski definition) is 0. The quantitative estimate of drug-likeness (QED) is 0.530. The second-order valence-electron chi connectivity index (χ2n) is 4.17. The number of hydrogen-bond acceptors (Lipinski definition) is 8. The van der Waals surface area contributed by atoms with Gasteiger partial charge in [-0.2, -0.15) is 0 Å². The zero-order valence-corrected chi connectivity index (χ0v) is 12.7. The zero-order chi connectivity index (χ0) is 16.9. The highest BCUT2D eigenvalue weighted by Gasteiger charge is 2.37. The average molecular weight is 312 g/mol. The van der Waals surface area contributed by atoms with Crippen molar-refractivity contribution >= 4 is 23.9 Å². The summed E-state index contributed by atoms with van der Waals surface area (Å²) in [5.74, 6) is -3.46. The van der Waals surface area contributed by atoms with Gasteiger partial charge in [0.15, 0.2) is 0 Å². The molecule has 1 aliphatic carbocycles. The minimum Gasteiger partial charge on any atom is -0.466 e. The third kappa shape index (κ3) is 3.16. The van der Waals surface area contributed by atoms with Gasteiger partial charge in [-0.25, -0.2) is 19.2 Å². The molecule has 0 aromatic carbocycles. The van der Waals surface area contributed by atoms with E-state index in [1.54, 1.807) is 0 Å². The van der Waals surface area contributed by atoms with Crippen molar-refractivity contribution in [2.75, 3.05) is 28.4 Å². The summed E-state index contributed by atoms with van der Waals surface area (Å²) in [6, 6.07) is 0. The van der Waals surface area contributed by atoms with Crippen LogP contribution in [-0.4, -0.2) is 52.3 Å². The van der Waals surface area contributed by atoms with Crippen molar-refractivity contribution in [2.24, 2.45) is 0 Å². The molecule has 0 saturated heterocycles. The summed E-state index contributed by atoms with van der Waals surface area (Å²) >= 11 is 0. The standard InChI is InChI=1S/C14H16O8/c1-19-11(15)7-5-6-8(12(16)20-2)10(14(18)22-4)9(7)13(17)21-3/h5-6H2,1-4H3. The Morgan fingerprint density at radius 3 is 1.09 bits per heavy atom. The van der Waals surface area contributed by atoms with Gasteiger partial charge in [-0.3, -0.25) is 0 Å². The highest BCUT2D eigenvalue weighted by atomic mass is 16.5. The summed E-state index contributed by atoms with van der Waals surface area (Å²) in [6.45, 7) is 0. The second-order valence-corrected chi connectivity index (χ2v) is 4.17. The van der Waals surface area contributed by atoms with E-state index >= 15 is 0 Å². The Labute approximate surface area is 126 Å². The van der Waals surface area contributed by atoms with Crippen LogP contribution in [0.1, 0.15) is 12.8 Å². The Hall–Kier alpha value is -2.64. The molecule has 0 amide bonds. The van der Waals surface area contributed by atoms with Crippen LogP contribution in [-0.2, 0) is 38.1 Å². The van der Waals surface area contributed by atoms with Crippen LogP contribution in [0.3, 0.4) is 0 Å². The fraction of sp³-hybridized carbons (Fsp3) is 0.429. The molecular formula is C14H16O8. The van der Waals surface area contributed by atoms with Gasteiger partial charge in [0.1, 0.15) is 0 Å². The van der Waals surface area contributed by atoms with Gasteiger partial charge in [0, 0.05) is 0 Å². The van der Waals surface area contributed by atoms with Crippen molar-refractivity contribution in [3.63, 3.8) is 0 Å². The predicted octanol–water partition coefficient (Wildman–Crippen LogP) is 0.0654. The van der Waals surface area contributed by atoms with Crippen molar-refractivity contribution < 1.29 is 38.1 Å². The molecule has 0 aromatic rings. The van der Waals surface area contributed by atoms with E-state index in [-0.39, 0.29) is 35.1 Å². The van der Waals surface area contributed by atoms with Crippen LogP contribution in [0.4, 0.5) is 0 Å². The molecule has 1 aliphatic rings. The summed E-state index contributed by atoms with van der Waals surface area (Å²) in [7, 11) is 4.46. The van der Waals surface area contributed by atoms with E-state index < -0.39 is 23.9 Å². The Kier molecular flexibility index (Phi) is 5.85.